The van der Waals surface area contributed by atoms with Gasteiger partial charge in [0.1, 0.15) is 0 Å². The van der Waals surface area contributed by atoms with Crippen LogP contribution in [0.2, 0.25) is 0 Å². The van der Waals surface area contributed by atoms with E-state index in [1.165, 1.54) is 0 Å². The van der Waals surface area contributed by atoms with E-state index in [-0.39, 0.29) is 11.8 Å². The topological polar surface area (TPSA) is 29.5 Å². The Balaban J connectivity index is 0. The molecule has 1 atom stereocenters. The molecule has 3 heteroatoms. The van der Waals surface area contributed by atoms with Gasteiger partial charge < -0.3 is 9.64 Å². The molecular formula is C12H27NO2. The zero-order valence-electron chi connectivity index (χ0n) is 11.2. The summed E-state index contributed by atoms with van der Waals surface area (Å²) in [5.74, 6) is 0.374. The van der Waals surface area contributed by atoms with E-state index in [9.17, 15) is 4.79 Å². The molecule has 0 saturated heterocycles. The molecule has 1 amide bonds. The average molecular weight is 217 g/mol. The molecule has 1 unspecified atom stereocenters. The van der Waals surface area contributed by atoms with Gasteiger partial charge in [0.25, 0.3) is 0 Å². The van der Waals surface area contributed by atoms with Crippen molar-refractivity contribution in [2.75, 3.05) is 26.8 Å². The highest BCUT2D eigenvalue weighted by Crippen LogP contribution is 2.05. The van der Waals surface area contributed by atoms with Crippen molar-refractivity contribution in [3.05, 3.63) is 0 Å². The summed E-state index contributed by atoms with van der Waals surface area (Å²) in [4.78, 5) is 13.5. The molecule has 0 rings (SSSR count). The van der Waals surface area contributed by atoms with E-state index in [1.54, 1.807) is 7.11 Å². The minimum atomic E-state index is 0.136. The molecule has 0 aliphatic heterocycles. The van der Waals surface area contributed by atoms with Crippen LogP contribution in [-0.4, -0.2) is 37.6 Å². The molecule has 15 heavy (non-hydrogen) atoms. The summed E-state index contributed by atoms with van der Waals surface area (Å²) < 4.78 is 4.94. The van der Waals surface area contributed by atoms with Crippen LogP contribution < -0.4 is 0 Å². The van der Waals surface area contributed by atoms with Crippen LogP contribution >= 0.6 is 0 Å². The Labute approximate surface area is 94.8 Å². The van der Waals surface area contributed by atoms with E-state index in [0.29, 0.717) is 13.2 Å². The summed E-state index contributed by atoms with van der Waals surface area (Å²) in [7, 11) is 1.65. The molecule has 0 spiro atoms. The molecule has 0 radical (unpaired) electrons. The highest BCUT2D eigenvalue weighted by atomic mass is 16.5. The highest BCUT2D eigenvalue weighted by Gasteiger charge is 2.16. The highest BCUT2D eigenvalue weighted by molar-refractivity contribution is 5.78. The molecule has 0 aromatic heterocycles. The normalized spacial score (nSPS) is 11.3. The van der Waals surface area contributed by atoms with E-state index >= 15 is 0 Å². The van der Waals surface area contributed by atoms with Gasteiger partial charge in [0.2, 0.25) is 5.91 Å². The van der Waals surface area contributed by atoms with Crippen LogP contribution in [0.25, 0.3) is 0 Å². The Morgan fingerprint density at radius 3 is 2.20 bits per heavy atom. The monoisotopic (exact) mass is 217 g/mol. The van der Waals surface area contributed by atoms with Crippen LogP contribution in [0.5, 0.6) is 0 Å². The summed E-state index contributed by atoms with van der Waals surface area (Å²) in [5, 5.41) is 0. The molecule has 0 N–H and O–H groups in total. The molecule has 0 aromatic rings. The van der Waals surface area contributed by atoms with Crippen molar-refractivity contribution in [3.63, 3.8) is 0 Å². The van der Waals surface area contributed by atoms with Crippen LogP contribution in [0.1, 0.15) is 41.0 Å². The maximum atomic E-state index is 11.7. The summed E-state index contributed by atoms with van der Waals surface area (Å²) >= 11 is 0. The standard InChI is InChI=1S/C10H21NO2.C2H6/c1-5-9(3)10(12)11(6-2)7-8-13-4;1-2/h9H,5-8H2,1-4H3;1-2H3. The number of ether oxygens (including phenoxy) is 1. The Hall–Kier alpha value is -0.570. The average Bonchev–Trinajstić information content (AvgIpc) is 2.31. The van der Waals surface area contributed by atoms with E-state index in [4.69, 9.17) is 4.74 Å². The Kier molecular flexibility index (Phi) is 12.9. The van der Waals surface area contributed by atoms with E-state index in [1.807, 2.05) is 39.5 Å². The summed E-state index contributed by atoms with van der Waals surface area (Å²) in [6.45, 7) is 12.1. The van der Waals surface area contributed by atoms with Crippen molar-refractivity contribution in [3.8, 4) is 0 Å². The Morgan fingerprint density at radius 2 is 1.87 bits per heavy atom. The summed E-state index contributed by atoms with van der Waals surface area (Å²) in [6.07, 6.45) is 0.905. The fraction of sp³-hybridized carbons (Fsp3) is 0.917. The van der Waals surface area contributed by atoms with Gasteiger partial charge in [-0.2, -0.15) is 0 Å². The van der Waals surface area contributed by atoms with Gasteiger partial charge in [-0.25, -0.2) is 0 Å². The number of likely N-dealkylation sites (N-methyl/N-ethyl adjacent to an activating group) is 1. The van der Waals surface area contributed by atoms with Crippen LogP contribution in [0.15, 0.2) is 0 Å². The second kappa shape index (κ2) is 11.5. The Morgan fingerprint density at radius 1 is 1.33 bits per heavy atom. The number of rotatable bonds is 6. The number of methoxy groups -OCH3 is 1. The summed E-state index contributed by atoms with van der Waals surface area (Å²) in [5.41, 5.74) is 0. The zero-order valence-corrected chi connectivity index (χ0v) is 11.2. The number of amides is 1. The lowest BCUT2D eigenvalue weighted by Crippen LogP contribution is -2.37. The van der Waals surface area contributed by atoms with Crippen LogP contribution in [0.4, 0.5) is 0 Å². The quantitative estimate of drug-likeness (QED) is 0.684. The number of carbonyl (C=O) groups is 1. The largest absolute Gasteiger partial charge is 0.383 e. The first-order valence-electron chi connectivity index (χ1n) is 5.95. The first-order valence-corrected chi connectivity index (χ1v) is 5.95. The van der Waals surface area contributed by atoms with Gasteiger partial charge in [-0.1, -0.05) is 27.7 Å². The zero-order chi connectivity index (χ0) is 12.3. The number of nitrogens with zero attached hydrogens (tertiary/aromatic N) is 1. The van der Waals surface area contributed by atoms with Crippen molar-refractivity contribution in [1.82, 2.24) is 4.90 Å². The SMILES string of the molecule is CC.CCC(C)C(=O)N(CC)CCOC. The number of hydrogen-bond donors (Lipinski definition) is 0. The number of hydrogen-bond acceptors (Lipinski definition) is 2. The van der Waals surface area contributed by atoms with Crippen LogP contribution in [0, 0.1) is 5.92 Å². The molecule has 0 aromatic carbocycles. The van der Waals surface area contributed by atoms with Gasteiger partial charge in [-0.3, -0.25) is 4.79 Å². The smallest absolute Gasteiger partial charge is 0.225 e. The predicted molar refractivity (Wildman–Crippen MR) is 64.9 cm³/mol. The molecule has 0 bridgehead atoms. The minimum Gasteiger partial charge on any atom is -0.383 e. The molecule has 0 aliphatic rings. The maximum absolute atomic E-state index is 11.7. The third-order valence-electron chi connectivity index (χ3n) is 2.29. The molecule has 3 nitrogen and oxygen atoms in total. The fourth-order valence-corrected chi connectivity index (χ4v) is 1.11. The second-order valence-corrected chi connectivity index (χ2v) is 3.22. The van der Waals surface area contributed by atoms with Crippen LogP contribution in [-0.2, 0) is 9.53 Å². The lowest BCUT2D eigenvalue weighted by molar-refractivity contribution is -0.135. The molecule has 0 aliphatic carbocycles. The summed E-state index contributed by atoms with van der Waals surface area (Å²) in [6, 6.07) is 0. The molecule has 92 valence electrons. The van der Waals surface area contributed by atoms with Crippen molar-refractivity contribution >= 4 is 5.91 Å². The van der Waals surface area contributed by atoms with Gasteiger partial charge in [0, 0.05) is 26.1 Å². The fourth-order valence-electron chi connectivity index (χ4n) is 1.11. The third-order valence-corrected chi connectivity index (χ3v) is 2.29. The van der Waals surface area contributed by atoms with E-state index in [0.717, 1.165) is 13.0 Å². The van der Waals surface area contributed by atoms with Gasteiger partial charge in [-0.15, -0.1) is 0 Å². The van der Waals surface area contributed by atoms with Crippen LogP contribution in [0.3, 0.4) is 0 Å². The lowest BCUT2D eigenvalue weighted by Gasteiger charge is -2.23. The van der Waals surface area contributed by atoms with Crippen molar-refractivity contribution in [1.29, 1.82) is 0 Å². The number of carbonyl (C=O) groups excluding carboxylic acids is 1. The van der Waals surface area contributed by atoms with Gasteiger partial charge in [0.15, 0.2) is 0 Å². The van der Waals surface area contributed by atoms with Crippen molar-refractivity contribution in [2.45, 2.75) is 41.0 Å². The third kappa shape index (κ3) is 7.37. The maximum Gasteiger partial charge on any atom is 0.225 e. The minimum absolute atomic E-state index is 0.136. The lowest BCUT2D eigenvalue weighted by atomic mass is 10.1. The molecule has 0 heterocycles. The second-order valence-electron chi connectivity index (χ2n) is 3.22. The molecule has 0 fully saturated rings. The Bertz CT molecular complexity index is 149. The molecular weight excluding hydrogens is 190 g/mol. The molecule has 0 saturated carbocycles. The van der Waals surface area contributed by atoms with Gasteiger partial charge in [0.05, 0.1) is 6.61 Å². The first-order chi connectivity index (χ1) is 7.17. The first kappa shape index (κ1) is 16.8. The van der Waals surface area contributed by atoms with Crippen molar-refractivity contribution < 1.29 is 9.53 Å². The van der Waals surface area contributed by atoms with E-state index < -0.39 is 0 Å². The van der Waals surface area contributed by atoms with Crippen molar-refractivity contribution in [2.24, 2.45) is 5.92 Å². The van der Waals surface area contributed by atoms with Gasteiger partial charge >= 0.3 is 0 Å². The predicted octanol–water partition coefficient (Wildman–Crippen LogP) is 2.55. The van der Waals surface area contributed by atoms with E-state index in [2.05, 4.69) is 0 Å². The van der Waals surface area contributed by atoms with Gasteiger partial charge in [-0.05, 0) is 13.3 Å².